The van der Waals surface area contributed by atoms with Gasteiger partial charge in [-0.25, -0.2) is 4.98 Å². The summed E-state index contributed by atoms with van der Waals surface area (Å²) in [6.45, 7) is 5.84. The number of fused-ring (bicyclic) bond motifs is 1. The molecule has 0 radical (unpaired) electrons. The highest BCUT2D eigenvalue weighted by Gasteiger charge is 2.12. The van der Waals surface area contributed by atoms with Crippen molar-refractivity contribution in [1.82, 2.24) is 19.9 Å². The van der Waals surface area contributed by atoms with E-state index < -0.39 is 0 Å². The maximum absolute atomic E-state index is 12.3. The van der Waals surface area contributed by atoms with Crippen LogP contribution in [-0.2, 0) is 13.0 Å². The van der Waals surface area contributed by atoms with Crippen LogP contribution >= 0.6 is 0 Å². The monoisotopic (exact) mass is 414 g/mol. The van der Waals surface area contributed by atoms with Gasteiger partial charge in [-0.3, -0.25) is 9.78 Å². The fourth-order valence-corrected chi connectivity index (χ4v) is 3.71. The van der Waals surface area contributed by atoms with Gasteiger partial charge in [0, 0.05) is 19.2 Å². The molecule has 1 amide bonds. The highest BCUT2D eigenvalue weighted by atomic mass is 16.5. The molecule has 0 aliphatic rings. The lowest BCUT2D eigenvalue weighted by molar-refractivity contribution is 0.0949. The number of amides is 1. The Balaban J connectivity index is 1.43. The first-order valence-electron chi connectivity index (χ1n) is 10.4. The summed E-state index contributed by atoms with van der Waals surface area (Å²) in [5, 5.41) is 2.93. The van der Waals surface area contributed by atoms with Crippen LogP contribution in [0.4, 0.5) is 0 Å². The van der Waals surface area contributed by atoms with Crippen LogP contribution in [0.1, 0.15) is 27.4 Å². The number of rotatable bonds is 8. The molecule has 0 spiro atoms. The zero-order valence-electron chi connectivity index (χ0n) is 17.8. The first kappa shape index (κ1) is 20.6. The number of hydrogen-bond donors (Lipinski definition) is 1. The highest BCUT2D eigenvalue weighted by Crippen LogP contribution is 2.19. The van der Waals surface area contributed by atoms with Gasteiger partial charge in [0.25, 0.3) is 5.91 Å². The number of nitrogens with one attached hydrogen (secondary N) is 1. The van der Waals surface area contributed by atoms with E-state index in [1.807, 2.05) is 30.3 Å². The molecule has 2 aromatic carbocycles. The summed E-state index contributed by atoms with van der Waals surface area (Å²) < 4.78 is 8.19. The zero-order chi connectivity index (χ0) is 21.6. The minimum Gasteiger partial charge on any atom is -0.492 e. The second-order valence-corrected chi connectivity index (χ2v) is 7.56. The summed E-state index contributed by atoms with van der Waals surface area (Å²) in [4.78, 5) is 21.1. The molecule has 6 nitrogen and oxygen atoms in total. The molecule has 2 aromatic heterocycles. The molecule has 1 N–H and O–H groups in total. The predicted molar refractivity (Wildman–Crippen MR) is 121 cm³/mol. The van der Waals surface area contributed by atoms with Crippen molar-refractivity contribution in [2.75, 3.05) is 13.2 Å². The number of aromatic nitrogens is 3. The van der Waals surface area contributed by atoms with Crippen LogP contribution in [0, 0.1) is 13.8 Å². The molecule has 0 atom stereocenters. The Labute approximate surface area is 181 Å². The Morgan fingerprint density at radius 3 is 2.58 bits per heavy atom. The van der Waals surface area contributed by atoms with Crippen molar-refractivity contribution in [2.24, 2.45) is 0 Å². The number of benzene rings is 2. The van der Waals surface area contributed by atoms with Gasteiger partial charge in [-0.15, -0.1) is 0 Å². The van der Waals surface area contributed by atoms with Gasteiger partial charge in [0.15, 0.2) is 0 Å². The Hall–Kier alpha value is -3.67. The lowest BCUT2D eigenvalue weighted by atomic mass is 10.1. The number of hydrogen-bond acceptors (Lipinski definition) is 4. The van der Waals surface area contributed by atoms with Crippen LogP contribution in [0.5, 0.6) is 5.75 Å². The molecule has 4 aromatic rings. The van der Waals surface area contributed by atoms with E-state index >= 15 is 0 Å². The number of para-hydroxylation sites is 2. The molecule has 0 aliphatic carbocycles. The second-order valence-electron chi connectivity index (χ2n) is 7.56. The minimum atomic E-state index is -0.179. The molecular formula is C25H26N4O2. The van der Waals surface area contributed by atoms with Gasteiger partial charge in [0.1, 0.15) is 23.9 Å². The lowest BCUT2D eigenvalue weighted by Gasteiger charge is -2.12. The van der Waals surface area contributed by atoms with E-state index in [1.54, 1.807) is 24.4 Å². The van der Waals surface area contributed by atoms with Crippen LogP contribution in [0.15, 0.2) is 66.9 Å². The van der Waals surface area contributed by atoms with E-state index in [1.165, 1.54) is 11.1 Å². The van der Waals surface area contributed by atoms with Gasteiger partial charge in [-0.1, -0.05) is 24.3 Å². The summed E-state index contributed by atoms with van der Waals surface area (Å²) >= 11 is 0. The summed E-state index contributed by atoms with van der Waals surface area (Å²) in [5.74, 6) is 1.62. The van der Waals surface area contributed by atoms with Gasteiger partial charge in [-0.05, 0) is 61.4 Å². The number of ether oxygens (including phenoxy) is 1. The van der Waals surface area contributed by atoms with Crippen molar-refractivity contribution in [3.05, 3.63) is 89.5 Å². The van der Waals surface area contributed by atoms with E-state index in [0.29, 0.717) is 31.8 Å². The second kappa shape index (κ2) is 9.43. The quantitative estimate of drug-likeness (QED) is 0.471. The van der Waals surface area contributed by atoms with Crippen molar-refractivity contribution >= 4 is 16.9 Å². The van der Waals surface area contributed by atoms with E-state index in [0.717, 1.165) is 22.6 Å². The van der Waals surface area contributed by atoms with Crippen LogP contribution < -0.4 is 10.1 Å². The molecule has 0 bridgehead atoms. The molecule has 6 heteroatoms. The Kier molecular flexibility index (Phi) is 6.26. The first-order valence-corrected chi connectivity index (χ1v) is 10.4. The molecule has 158 valence electrons. The Bertz CT molecular complexity index is 1160. The standard InChI is InChI=1S/C25H26N4O2/c1-18-15-19(2)17-20(16-18)31-14-13-29-23-9-4-3-7-21(23)28-24(29)10-12-27-25(30)22-8-5-6-11-26-22/h3-9,11,15-17H,10,12-14H2,1-2H3,(H,27,30). The third-order valence-corrected chi connectivity index (χ3v) is 5.04. The third kappa shape index (κ3) is 5.09. The van der Waals surface area contributed by atoms with Crippen molar-refractivity contribution in [3.8, 4) is 5.75 Å². The number of nitrogens with zero attached hydrogens (tertiary/aromatic N) is 3. The molecule has 0 saturated carbocycles. The predicted octanol–water partition coefficient (Wildman–Crippen LogP) is 4.10. The Morgan fingerprint density at radius 2 is 1.81 bits per heavy atom. The number of aryl methyl sites for hydroxylation is 2. The summed E-state index contributed by atoms with van der Waals surface area (Å²) in [6.07, 6.45) is 2.24. The maximum atomic E-state index is 12.3. The van der Waals surface area contributed by atoms with Crippen LogP contribution in [0.3, 0.4) is 0 Å². The van der Waals surface area contributed by atoms with E-state index in [2.05, 4.69) is 40.8 Å². The Morgan fingerprint density at radius 1 is 1.03 bits per heavy atom. The van der Waals surface area contributed by atoms with Crippen LogP contribution in [0.25, 0.3) is 11.0 Å². The summed E-state index contributed by atoms with van der Waals surface area (Å²) in [7, 11) is 0. The summed E-state index contributed by atoms with van der Waals surface area (Å²) in [6, 6.07) is 19.6. The van der Waals surface area contributed by atoms with Crippen molar-refractivity contribution in [1.29, 1.82) is 0 Å². The van der Waals surface area contributed by atoms with Gasteiger partial charge >= 0.3 is 0 Å². The largest absolute Gasteiger partial charge is 0.492 e. The smallest absolute Gasteiger partial charge is 0.269 e. The normalized spacial score (nSPS) is 10.9. The average molecular weight is 415 g/mol. The summed E-state index contributed by atoms with van der Waals surface area (Å²) in [5.41, 5.74) is 4.80. The number of pyridine rings is 1. The van der Waals surface area contributed by atoms with Gasteiger partial charge in [0.05, 0.1) is 17.6 Å². The highest BCUT2D eigenvalue weighted by molar-refractivity contribution is 5.92. The molecule has 31 heavy (non-hydrogen) atoms. The molecular weight excluding hydrogens is 388 g/mol. The molecule has 4 rings (SSSR count). The number of carbonyl (C=O) groups excluding carboxylic acids is 1. The number of carbonyl (C=O) groups is 1. The van der Waals surface area contributed by atoms with Crippen molar-refractivity contribution < 1.29 is 9.53 Å². The van der Waals surface area contributed by atoms with Gasteiger partial charge < -0.3 is 14.6 Å². The third-order valence-electron chi connectivity index (χ3n) is 5.04. The first-order chi connectivity index (χ1) is 15.1. The molecule has 0 saturated heterocycles. The van der Waals surface area contributed by atoms with Crippen LogP contribution in [-0.4, -0.2) is 33.6 Å². The van der Waals surface area contributed by atoms with Crippen LogP contribution in [0.2, 0.25) is 0 Å². The molecule has 0 unspecified atom stereocenters. The van der Waals surface area contributed by atoms with Gasteiger partial charge in [-0.2, -0.15) is 0 Å². The minimum absolute atomic E-state index is 0.179. The van der Waals surface area contributed by atoms with Crippen molar-refractivity contribution in [3.63, 3.8) is 0 Å². The lowest BCUT2D eigenvalue weighted by Crippen LogP contribution is -2.27. The van der Waals surface area contributed by atoms with E-state index in [4.69, 9.17) is 9.72 Å². The van der Waals surface area contributed by atoms with E-state index in [-0.39, 0.29) is 5.91 Å². The van der Waals surface area contributed by atoms with Crippen molar-refractivity contribution in [2.45, 2.75) is 26.8 Å². The SMILES string of the molecule is Cc1cc(C)cc(OCCn2c(CCNC(=O)c3ccccn3)nc3ccccc32)c1. The average Bonchev–Trinajstić information content (AvgIpc) is 3.11. The topological polar surface area (TPSA) is 69.0 Å². The fraction of sp³-hybridized carbons (Fsp3) is 0.240. The number of imidazole rings is 1. The fourth-order valence-electron chi connectivity index (χ4n) is 3.71. The maximum Gasteiger partial charge on any atom is 0.269 e. The van der Waals surface area contributed by atoms with Gasteiger partial charge in [0.2, 0.25) is 0 Å². The molecule has 0 fully saturated rings. The molecule has 2 heterocycles. The zero-order valence-corrected chi connectivity index (χ0v) is 17.8. The molecule has 0 aliphatic heterocycles. The van der Waals surface area contributed by atoms with E-state index in [9.17, 15) is 4.79 Å².